The van der Waals surface area contributed by atoms with Crippen LogP contribution < -0.4 is 10.7 Å². The van der Waals surface area contributed by atoms with E-state index >= 15 is 4.39 Å². The SMILES string of the molecule is CNc1ccc(N/N=C2\C=C[C@@]3(C)C(=C2)CC[C@H]2[C@@H]4C[C@@H](C)[C@@]5(C(=O)CO)OC[C@]45C[C@H](O)[C@@]23F)cc1. The fraction of sp³-hybridized carbons (Fsp3) is 0.586. The number of aliphatic hydroxyl groups excluding tert-OH is 2. The quantitative estimate of drug-likeness (QED) is 0.450. The smallest absolute Gasteiger partial charge is 0.190 e. The molecule has 4 fully saturated rings. The summed E-state index contributed by atoms with van der Waals surface area (Å²) < 4.78 is 23.5. The summed E-state index contributed by atoms with van der Waals surface area (Å²) in [5.41, 5.74) is 2.04. The third-order valence-corrected chi connectivity index (χ3v) is 10.5. The van der Waals surface area contributed by atoms with Gasteiger partial charge in [0.05, 0.1) is 24.1 Å². The molecule has 0 aromatic heterocycles. The molecule has 0 radical (unpaired) electrons. The third-order valence-electron chi connectivity index (χ3n) is 10.5. The summed E-state index contributed by atoms with van der Waals surface area (Å²) in [6.45, 7) is 3.61. The lowest BCUT2D eigenvalue weighted by atomic mass is 9.43. The number of fused-ring (bicyclic) bond motifs is 4. The standard InChI is InChI=1S/C29H36FN3O4/c1-17-12-23-22-9-4-18-13-21(33-32-20-7-5-19(31-3)6-8-20)10-11-26(18,2)28(22,30)24(35)14-27(23)16-37-29(17,27)25(36)15-34/h5-8,10-11,13,17,22-24,31-32,34-35H,4,9,12,14-16H2,1-3H3/b33-21+/t17-,22+,23+,24+,26+,27-,28+,29+/m1/s1. The topological polar surface area (TPSA) is 103 Å². The summed E-state index contributed by atoms with van der Waals surface area (Å²) in [4.78, 5) is 12.9. The predicted molar refractivity (Wildman–Crippen MR) is 140 cm³/mol. The van der Waals surface area contributed by atoms with E-state index in [0.717, 1.165) is 16.9 Å². The lowest BCUT2D eigenvalue weighted by Crippen LogP contribution is -2.76. The number of aliphatic hydroxyl groups is 2. The molecule has 0 amide bonds. The van der Waals surface area contributed by atoms with Crippen LogP contribution in [0.25, 0.3) is 0 Å². The van der Waals surface area contributed by atoms with E-state index in [-0.39, 0.29) is 24.0 Å². The number of nitrogens with zero attached hydrogens (tertiary/aromatic N) is 1. The first-order chi connectivity index (χ1) is 17.7. The highest BCUT2D eigenvalue weighted by Crippen LogP contribution is 2.74. The molecular weight excluding hydrogens is 473 g/mol. The van der Waals surface area contributed by atoms with Gasteiger partial charge in [-0.2, -0.15) is 5.10 Å². The molecule has 8 atom stereocenters. The van der Waals surface area contributed by atoms with Crippen molar-refractivity contribution in [1.82, 2.24) is 0 Å². The Hall–Kier alpha value is -2.55. The Morgan fingerprint density at radius 2 is 1.97 bits per heavy atom. The van der Waals surface area contributed by atoms with Gasteiger partial charge in [-0.3, -0.25) is 10.2 Å². The molecule has 1 spiro atoms. The van der Waals surface area contributed by atoms with E-state index in [1.54, 1.807) is 0 Å². The average Bonchev–Trinajstić information content (AvgIpc) is 3.05. The number of hydrogen-bond acceptors (Lipinski definition) is 7. The Morgan fingerprint density at radius 3 is 2.62 bits per heavy atom. The Morgan fingerprint density at radius 1 is 1.24 bits per heavy atom. The summed E-state index contributed by atoms with van der Waals surface area (Å²) in [5.74, 6) is -0.935. The number of carbonyl (C=O) groups is 1. The van der Waals surface area contributed by atoms with Crippen LogP contribution in [0.4, 0.5) is 15.8 Å². The monoisotopic (exact) mass is 509 g/mol. The number of alkyl halides is 1. The molecule has 0 bridgehead atoms. The van der Waals surface area contributed by atoms with Gasteiger partial charge in [-0.25, -0.2) is 4.39 Å². The van der Waals surface area contributed by atoms with Crippen LogP contribution in [0, 0.1) is 28.6 Å². The van der Waals surface area contributed by atoms with Crippen LogP contribution in [0.5, 0.6) is 0 Å². The molecule has 198 valence electrons. The number of ether oxygens (including phenoxy) is 1. The number of carbonyl (C=O) groups excluding carboxylic acids is 1. The lowest BCUT2D eigenvalue weighted by molar-refractivity contribution is -0.309. The van der Waals surface area contributed by atoms with Crippen LogP contribution in [0.1, 0.15) is 39.5 Å². The molecule has 6 rings (SSSR count). The number of nitrogens with one attached hydrogen (secondary N) is 2. The second-order valence-corrected chi connectivity index (χ2v) is 11.8. The molecule has 0 unspecified atom stereocenters. The largest absolute Gasteiger partial charge is 0.390 e. The number of rotatable bonds is 5. The predicted octanol–water partition coefficient (Wildman–Crippen LogP) is 3.85. The maximum absolute atomic E-state index is 17.5. The highest BCUT2D eigenvalue weighted by atomic mass is 19.1. The first-order valence-corrected chi connectivity index (χ1v) is 13.3. The van der Waals surface area contributed by atoms with E-state index in [9.17, 15) is 15.0 Å². The van der Waals surface area contributed by atoms with Crippen molar-refractivity contribution < 1.29 is 24.1 Å². The number of anilines is 2. The average molecular weight is 510 g/mol. The van der Waals surface area contributed by atoms with Crippen molar-refractivity contribution in [2.24, 2.45) is 33.7 Å². The molecule has 37 heavy (non-hydrogen) atoms. The first-order valence-electron chi connectivity index (χ1n) is 13.3. The molecule has 1 saturated heterocycles. The number of allylic oxidation sites excluding steroid dienone is 4. The zero-order valence-corrected chi connectivity index (χ0v) is 21.6. The molecule has 1 aliphatic heterocycles. The molecule has 8 heteroatoms. The maximum Gasteiger partial charge on any atom is 0.190 e. The number of benzene rings is 1. The zero-order valence-electron chi connectivity index (χ0n) is 21.6. The van der Waals surface area contributed by atoms with E-state index in [1.165, 1.54) is 0 Å². The van der Waals surface area contributed by atoms with Gasteiger partial charge in [0.15, 0.2) is 11.5 Å². The van der Waals surface area contributed by atoms with Crippen molar-refractivity contribution in [3.8, 4) is 0 Å². The van der Waals surface area contributed by atoms with Gasteiger partial charge in [-0.15, -0.1) is 0 Å². The minimum Gasteiger partial charge on any atom is -0.390 e. The van der Waals surface area contributed by atoms with Crippen LogP contribution in [-0.4, -0.2) is 59.3 Å². The molecule has 4 aliphatic carbocycles. The lowest BCUT2D eigenvalue weighted by Gasteiger charge is -2.67. The van der Waals surface area contributed by atoms with E-state index < -0.39 is 40.7 Å². The van der Waals surface area contributed by atoms with Gasteiger partial charge in [-0.1, -0.05) is 18.6 Å². The summed E-state index contributed by atoms with van der Waals surface area (Å²) >= 11 is 0. The number of Topliss-reactive ketones (excluding diaryl/α,β-unsaturated/α-hetero) is 1. The second kappa shape index (κ2) is 8.22. The minimum atomic E-state index is -1.86. The second-order valence-electron chi connectivity index (χ2n) is 11.8. The first kappa shape index (κ1) is 24.8. The normalized spacial score (nSPS) is 44.6. The van der Waals surface area contributed by atoms with Crippen molar-refractivity contribution >= 4 is 22.9 Å². The molecule has 1 aromatic rings. The molecule has 5 aliphatic rings. The van der Waals surface area contributed by atoms with Crippen LogP contribution in [0.3, 0.4) is 0 Å². The summed E-state index contributed by atoms with van der Waals surface area (Å²) in [6, 6.07) is 7.79. The third kappa shape index (κ3) is 2.98. The summed E-state index contributed by atoms with van der Waals surface area (Å²) in [5, 5.41) is 28.9. The van der Waals surface area contributed by atoms with E-state index in [0.29, 0.717) is 31.6 Å². The fourth-order valence-corrected chi connectivity index (χ4v) is 8.70. The van der Waals surface area contributed by atoms with Crippen LogP contribution in [0.15, 0.2) is 53.2 Å². The van der Waals surface area contributed by atoms with Gasteiger partial charge in [0.25, 0.3) is 0 Å². The van der Waals surface area contributed by atoms with Gasteiger partial charge in [0.1, 0.15) is 12.2 Å². The molecule has 7 nitrogen and oxygen atoms in total. The van der Waals surface area contributed by atoms with Gasteiger partial charge < -0.3 is 20.3 Å². The number of halogens is 1. The number of ketones is 1. The van der Waals surface area contributed by atoms with E-state index in [1.807, 2.05) is 63.4 Å². The Balaban J connectivity index is 1.30. The number of hydrogen-bond donors (Lipinski definition) is 4. The van der Waals surface area contributed by atoms with Crippen LogP contribution in [-0.2, 0) is 9.53 Å². The van der Waals surface area contributed by atoms with Gasteiger partial charge >= 0.3 is 0 Å². The summed E-state index contributed by atoms with van der Waals surface area (Å²) in [6.07, 6.45) is 6.55. The van der Waals surface area contributed by atoms with Gasteiger partial charge in [0, 0.05) is 29.5 Å². The van der Waals surface area contributed by atoms with Crippen LogP contribution in [0.2, 0.25) is 0 Å². The maximum atomic E-state index is 17.5. The molecule has 4 N–H and O–H groups in total. The Bertz CT molecular complexity index is 1210. The van der Waals surface area contributed by atoms with Gasteiger partial charge in [-0.05, 0) is 80.9 Å². The number of hydrazone groups is 1. The van der Waals surface area contributed by atoms with Crippen molar-refractivity contribution in [3.05, 3.63) is 48.1 Å². The Labute approximate surface area is 216 Å². The zero-order chi connectivity index (χ0) is 26.2. The van der Waals surface area contributed by atoms with Gasteiger partial charge in [0.2, 0.25) is 0 Å². The van der Waals surface area contributed by atoms with Crippen LogP contribution >= 0.6 is 0 Å². The van der Waals surface area contributed by atoms with Crippen molar-refractivity contribution in [1.29, 1.82) is 0 Å². The van der Waals surface area contributed by atoms with Crippen molar-refractivity contribution in [3.63, 3.8) is 0 Å². The highest BCUT2D eigenvalue weighted by Gasteiger charge is 2.81. The minimum absolute atomic E-state index is 0.0794. The van der Waals surface area contributed by atoms with Crippen molar-refractivity contribution in [2.75, 3.05) is 31.0 Å². The van der Waals surface area contributed by atoms with E-state index in [2.05, 4.69) is 15.8 Å². The molecular formula is C29H36FN3O4. The fourth-order valence-electron chi connectivity index (χ4n) is 8.70. The highest BCUT2D eigenvalue weighted by molar-refractivity contribution is 6.06. The Kier molecular flexibility index (Phi) is 5.50. The summed E-state index contributed by atoms with van der Waals surface area (Å²) in [7, 11) is 1.87. The molecule has 3 saturated carbocycles. The molecule has 1 aromatic carbocycles. The molecule has 1 heterocycles. The van der Waals surface area contributed by atoms with Crippen molar-refractivity contribution in [2.45, 2.75) is 56.9 Å². The van der Waals surface area contributed by atoms with E-state index in [4.69, 9.17) is 4.74 Å².